The minimum atomic E-state index is -0.643. The van der Waals surface area contributed by atoms with Crippen LogP contribution >= 0.6 is 0 Å². The van der Waals surface area contributed by atoms with E-state index in [1.807, 2.05) is 21.0 Å². The molecule has 0 spiro atoms. The number of alkyl carbamates (subject to hydrolysis) is 1. The van der Waals surface area contributed by atoms with Crippen molar-refractivity contribution in [2.24, 2.45) is 9.98 Å². The number of carbonyl (C=O) groups excluding carboxylic acids is 2. The van der Waals surface area contributed by atoms with Crippen LogP contribution in [-0.4, -0.2) is 62.2 Å². The highest BCUT2D eigenvalue weighted by Crippen LogP contribution is 2.01. The van der Waals surface area contributed by atoms with Crippen LogP contribution in [0.15, 0.2) is 70.7 Å². The third-order valence-electron chi connectivity index (χ3n) is 5.09. The number of carbonyl (C=O) groups is 2. The summed E-state index contributed by atoms with van der Waals surface area (Å²) in [5.41, 5.74) is 0. The van der Waals surface area contributed by atoms with Crippen LogP contribution in [0.1, 0.15) is 65.2 Å². The number of rotatable bonds is 16. The third kappa shape index (κ3) is 17.8. The minimum Gasteiger partial charge on any atom is -0.447 e. The fourth-order valence-corrected chi connectivity index (χ4v) is 3.16. The Morgan fingerprint density at radius 2 is 1.50 bits per heavy atom. The third-order valence-corrected chi connectivity index (χ3v) is 5.09. The summed E-state index contributed by atoms with van der Waals surface area (Å²) >= 11 is 0. The molecule has 0 saturated heterocycles. The molecule has 0 aliphatic carbocycles. The monoisotopic (exact) mass is 526 g/mol. The Kier molecular flexibility index (Phi) is 18.3. The second kappa shape index (κ2) is 21.5. The van der Waals surface area contributed by atoms with Gasteiger partial charge in [-0.25, -0.2) is 14.8 Å². The Morgan fingerprint density at radius 1 is 0.921 bits per heavy atom. The lowest BCUT2D eigenvalue weighted by Gasteiger charge is -2.23. The van der Waals surface area contributed by atoms with Gasteiger partial charge in [0, 0.05) is 20.5 Å². The molecule has 1 atom stereocenters. The molecule has 1 rings (SSSR count). The topological polar surface area (TPSA) is 107 Å². The van der Waals surface area contributed by atoms with E-state index in [-0.39, 0.29) is 31.2 Å². The maximum absolute atomic E-state index is 11.9. The van der Waals surface area contributed by atoms with Crippen molar-refractivity contribution >= 4 is 23.9 Å². The SMILES string of the molecule is CC/C=C\C/C=C\C/C=C\C/C=C\C/C=C\CCCC(=O)NCCOC(=O)NC1=NC(C)N=C(N(C)C)N1. The second-order valence-electron chi connectivity index (χ2n) is 8.79. The van der Waals surface area contributed by atoms with E-state index in [4.69, 9.17) is 4.74 Å². The van der Waals surface area contributed by atoms with E-state index in [9.17, 15) is 9.59 Å². The summed E-state index contributed by atoms with van der Waals surface area (Å²) in [6.07, 6.45) is 27.7. The fraction of sp³-hybridized carbons (Fsp3) is 0.517. The summed E-state index contributed by atoms with van der Waals surface area (Å²) in [6, 6.07) is 0. The van der Waals surface area contributed by atoms with Crippen LogP contribution < -0.4 is 16.0 Å². The van der Waals surface area contributed by atoms with Crippen molar-refractivity contribution < 1.29 is 14.3 Å². The highest BCUT2D eigenvalue weighted by atomic mass is 16.5. The minimum absolute atomic E-state index is 0.0552. The Balaban J connectivity index is 2.01. The average Bonchev–Trinajstić information content (AvgIpc) is 2.88. The number of ether oxygens (including phenoxy) is 1. The molecule has 1 heterocycles. The summed E-state index contributed by atoms with van der Waals surface area (Å²) in [5, 5.41) is 8.22. The summed E-state index contributed by atoms with van der Waals surface area (Å²) in [4.78, 5) is 34.2. The molecule has 210 valence electrons. The number of hydrogen-bond donors (Lipinski definition) is 3. The van der Waals surface area contributed by atoms with Crippen molar-refractivity contribution in [2.75, 3.05) is 27.2 Å². The van der Waals surface area contributed by atoms with Crippen LogP contribution in [0.2, 0.25) is 0 Å². The van der Waals surface area contributed by atoms with Crippen LogP contribution in [0.5, 0.6) is 0 Å². The lowest BCUT2D eigenvalue weighted by atomic mass is 10.2. The number of amides is 2. The molecule has 0 aromatic carbocycles. The first-order chi connectivity index (χ1) is 18.4. The van der Waals surface area contributed by atoms with Crippen LogP contribution in [-0.2, 0) is 9.53 Å². The number of allylic oxidation sites excluding steroid dienone is 10. The van der Waals surface area contributed by atoms with Crippen LogP contribution in [0.4, 0.5) is 4.79 Å². The first-order valence-corrected chi connectivity index (χ1v) is 13.5. The normalized spacial score (nSPS) is 15.8. The van der Waals surface area contributed by atoms with Crippen molar-refractivity contribution in [2.45, 2.75) is 71.4 Å². The van der Waals surface area contributed by atoms with Gasteiger partial charge in [0.05, 0.1) is 6.54 Å². The Bertz CT molecular complexity index is 900. The lowest BCUT2D eigenvalue weighted by Crippen LogP contribution is -2.51. The molecule has 1 unspecified atom stereocenters. The molecule has 3 N–H and O–H groups in total. The number of nitrogens with zero attached hydrogens (tertiary/aromatic N) is 3. The zero-order valence-electron chi connectivity index (χ0n) is 23.5. The van der Waals surface area contributed by atoms with E-state index in [1.165, 1.54) is 0 Å². The van der Waals surface area contributed by atoms with Gasteiger partial charge in [-0.3, -0.25) is 15.4 Å². The number of hydrogen-bond acceptors (Lipinski definition) is 7. The maximum atomic E-state index is 11.9. The number of aliphatic imine (C=N–C) groups is 2. The molecule has 0 fully saturated rings. The Morgan fingerprint density at radius 3 is 2.08 bits per heavy atom. The standard InChI is InChI=1S/C29H46N6O3/c1-5-6-7-8-9-10-11-12-13-14-15-16-17-18-19-20-21-22-26(36)30-23-24-38-29(37)34-27-31-25(2)32-28(33-27)35(3)4/h6-7,9-10,12-13,15-16,18-19,25H,5,8,11,14,17,20-24H2,1-4H3,(H,30,36)(H2,31,32,33,34,37)/b7-6-,10-9-,13-12-,16-15-,19-18-. The number of guanidine groups is 2. The van der Waals surface area contributed by atoms with Crippen molar-refractivity contribution in [3.05, 3.63) is 60.8 Å². The summed E-state index contributed by atoms with van der Waals surface area (Å²) in [7, 11) is 3.68. The van der Waals surface area contributed by atoms with Crippen molar-refractivity contribution in [1.82, 2.24) is 20.9 Å². The van der Waals surface area contributed by atoms with Gasteiger partial charge in [0.2, 0.25) is 17.8 Å². The van der Waals surface area contributed by atoms with E-state index in [2.05, 4.69) is 93.6 Å². The summed E-state index contributed by atoms with van der Waals surface area (Å²) in [5.74, 6) is 0.820. The van der Waals surface area contributed by atoms with Gasteiger partial charge >= 0.3 is 6.09 Å². The van der Waals surface area contributed by atoms with Gasteiger partial charge in [0.1, 0.15) is 12.8 Å². The maximum Gasteiger partial charge on any atom is 0.414 e. The second-order valence-corrected chi connectivity index (χ2v) is 8.79. The van der Waals surface area contributed by atoms with Crippen LogP contribution in [0.25, 0.3) is 0 Å². The lowest BCUT2D eigenvalue weighted by molar-refractivity contribution is -0.121. The zero-order chi connectivity index (χ0) is 27.8. The molecular formula is C29H46N6O3. The van der Waals surface area contributed by atoms with Crippen molar-refractivity contribution in [3.63, 3.8) is 0 Å². The Labute approximate surface area is 228 Å². The van der Waals surface area contributed by atoms with Gasteiger partial charge < -0.3 is 15.0 Å². The van der Waals surface area contributed by atoms with Crippen molar-refractivity contribution in [3.8, 4) is 0 Å². The average molecular weight is 527 g/mol. The van der Waals surface area contributed by atoms with E-state index in [0.717, 1.165) is 44.9 Å². The molecule has 1 aliphatic heterocycles. The molecule has 0 radical (unpaired) electrons. The van der Waals surface area contributed by atoms with Gasteiger partial charge in [0.15, 0.2) is 0 Å². The first kappa shape index (κ1) is 32.4. The molecular weight excluding hydrogens is 480 g/mol. The predicted octanol–water partition coefficient (Wildman–Crippen LogP) is 4.97. The summed E-state index contributed by atoms with van der Waals surface area (Å²) in [6.45, 7) is 4.29. The van der Waals surface area contributed by atoms with Gasteiger partial charge in [-0.05, 0) is 51.9 Å². The fourth-order valence-electron chi connectivity index (χ4n) is 3.16. The molecule has 9 nitrogen and oxygen atoms in total. The Hall–Kier alpha value is -3.62. The molecule has 38 heavy (non-hydrogen) atoms. The van der Waals surface area contributed by atoms with Gasteiger partial charge in [0.25, 0.3) is 0 Å². The van der Waals surface area contributed by atoms with Gasteiger partial charge in [-0.1, -0.05) is 67.7 Å². The predicted molar refractivity (Wildman–Crippen MR) is 157 cm³/mol. The molecule has 0 bridgehead atoms. The quantitative estimate of drug-likeness (QED) is 0.194. The van der Waals surface area contributed by atoms with Crippen molar-refractivity contribution in [1.29, 1.82) is 0 Å². The molecule has 0 aromatic rings. The molecule has 0 aromatic heterocycles. The van der Waals surface area contributed by atoms with Gasteiger partial charge in [-0.2, -0.15) is 0 Å². The molecule has 0 saturated carbocycles. The van der Waals surface area contributed by atoms with Crippen LogP contribution in [0.3, 0.4) is 0 Å². The highest BCUT2D eigenvalue weighted by Gasteiger charge is 2.17. The van der Waals surface area contributed by atoms with E-state index in [1.54, 1.807) is 4.90 Å². The van der Waals surface area contributed by atoms with E-state index < -0.39 is 6.09 Å². The molecule has 2 amide bonds. The smallest absolute Gasteiger partial charge is 0.414 e. The molecule has 9 heteroatoms. The van der Waals surface area contributed by atoms with E-state index >= 15 is 0 Å². The number of nitrogens with one attached hydrogen (secondary N) is 3. The van der Waals surface area contributed by atoms with Gasteiger partial charge in [-0.15, -0.1) is 0 Å². The molecule has 1 aliphatic rings. The largest absolute Gasteiger partial charge is 0.447 e. The zero-order valence-corrected chi connectivity index (χ0v) is 23.5. The van der Waals surface area contributed by atoms with E-state index in [0.29, 0.717) is 12.4 Å². The number of unbranched alkanes of at least 4 members (excludes halogenated alkanes) is 1. The van der Waals surface area contributed by atoms with Crippen LogP contribution in [0, 0.1) is 0 Å². The highest BCUT2D eigenvalue weighted by molar-refractivity contribution is 6.05. The summed E-state index contributed by atoms with van der Waals surface area (Å²) < 4.78 is 5.10. The first-order valence-electron chi connectivity index (χ1n) is 13.5.